The number of hydrogen-bond acceptors (Lipinski definition) is 5. The van der Waals surface area contributed by atoms with Gasteiger partial charge in [0.05, 0.1) is 16.4 Å². The number of aromatic nitrogens is 1. The van der Waals surface area contributed by atoms with Gasteiger partial charge >= 0.3 is 0 Å². The van der Waals surface area contributed by atoms with Crippen LogP contribution in [0.4, 0.5) is 5.13 Å². The molecule has 23 heavy (non-hydrogen) atoms. The molecule has 0 radical (unpaired) electrons. The molecule has 3 rings (SSSR count). The van der Waals surface area contributed by atoms with Gasteiger partial charge in [0, 0.05) is 10.0 Å². The Bertz CT molecular complexity index is 827. The lowest BCUT2D eigenvalue weighted by Crippen LogP contribution is -1.98. The smallest absolute Gasteiger partial charge is 0.204 e. The Morgan fingerprint density at radius 2 is 2.17 bits per heavy atom. The molecular formula is C17H14BrN3OS. The van der Waals surface area contributed by atoms with E-state index in [0.29, 0.717) is 6.61 Å². The maximum absolute atomic E-state index is 5.62. The predicted octanol–water partition coefficient (Wildman–Crippen LogP) is 5.07. The van der Waals surface area contributed by atoms with Crippen molar-refractivity contribution in [1.29, 1.82) is 0 Å². The molecule has 0 aliphatic rings. The Labute approximate surface area is 146 Å². The lowest BCUT2D eigenvalue weighted by molar-refractivity contribution is 0.362. The van der Waals surface area contributed by atoms with Crippen LogP contribution in [-0.4, -0.2) is 17.8 Å². The SMILES string of the molecule is C=CCOc1ccc(Br)cc1C=NNc1nc2ccccc2s1. The minimum Gasteiger partial charge on any atom is -0.489 e. The average molecular weight is 388 g/mol. The summed E-state index contributed by atoms with van der Waals surface area (Å²) in [5.41, 5.74) is 4.81. The number of hydrogen-bond donors (Lipinski definition) is 1. The zero-order valence-electron chi connectivity index (χ0n) is 12.2. The van der Waals surface area contributed by atoms with Crippen LogP contribution in [0.1, 0.15) is 5.56 Å². The number of halogens is 1. The van der Waals surface area contributed by atoms with Gasteiger partial charge in [-0.3, -0.25) is 5.43 Å². The van der Waals surface area contributed by atoms with Gasteiger partial charge in [-0.1, -0.05) is 52.1 Å². The number of rotatable bonds is 6. The molecule has 0 amide bonds. The number of para-hydroxylation sites is 1. The number of benzene rings is 2. The molecule has 0 atom stereocenters. The average Bonchev–Trinajstić information content (AvgIpc) is 2.97. The van der Waals surface area contributed by atoms with E-state index in [-0.39, 0.29) is 0 Å². The molecule has 0 spiro atoms. The highest BCUT2D eigenvalue weighted by Crippen LogP contribution is 2.25. The van der Waals surface area contributed by atoms with Gasteiger partial charge in [-0.25, -0.2) is 4.98 Å². The van der Waals surface area contributed by atoms with Crippen LogP contribution in [0.5, 0.6) is 5.75 Å². The summed E-state index contributed by atoms with van der Waals surface area (Å²) in [6.45, 7) is 4.11. The van der Waals surface area contributed by atoms with Crippen molar-refractivity contribution in [1.82, 2.24) is 4.98 Å². The van der Waals surface area contributed by atoms with E-state index in [4.69, 9.17) is 4.74 Å². The Morgan fingerprint density at radius 1 is 1.30 bits per heavy atom. The first-order valence-corrected chi connectivity index (χ1v) is 8.55. The first-order chi connectivity index (χ1) is 11.3. The molecule has 0 bridgehead atoms. The van der Waals surface area contributed by atoms with Crippen molar-refractivity contribution in [2.75, 3.05) is 12.0 Å². The minimum absolute atomic E-state index is 0.452. The minimum atomic E-state index is 0.452. The molecule has 2 aromatic carbocycles. The van der Waals surface area contributed by atoms with Crippen LogP contribution in [0.2, 0.25) is 0 Å². The molecule has 3 aromatic rings. The molecule has 1 heterocycles. The third-order valence-corrected chi connectivity index (χ3v) is 4.42. The first kappa shape index (κ1) is 15.7. The van der Waals surface area contributed by atoms with Crippen molar-refractivity contribution in [2.45, 2.75) is 0 Å². The quantitative estimate of drug-likeness (QED) is 0.364. The van der Waals surface area contributed by atoms with Crippen LogP contribution < -0.4 is 10.2 Å². The van der Waals surface area contributed by atoms with E-state index in [9.17, 15) is 0 Å². The van der Waals surface area contributed by atoms with Crippen molar-refractivity contribution in [3.63, 3.8) is 0 Å². The van der Waals surface area contributed by atoms with E-state index in [1.807, 2.05) is 42.5 Å². The van der Waals surface area contributed by atoms with Gasteiger partial charge in [0.1, 0.15) is 12.4 Å². The molecule has 0 saturated heterocycles. The van der Waals surface area contributed by atoms with Gasteiger partial charge in [0.2, 0.25) is 5.13 Å². The molecule has 1 N–H and O–H groups in total. The number of ether oxygens (including phenoxy) is 1. The summed E-state index contributed by atoms with van der Waals surface area (Å²) < 4.78 is 7.71. The van der Waals surface area contributed by atoms with E-state index in [1.165, 1.54) is 0 Å². The van der Waals surface area contributed by atoms with Crippen molar-refractivity contribution < 1.29 is 4.74 Å². The second-order valence-electron chi connectivity index (χ2n) is 4.64. The highest BCUT2D eigenvalue weighted by molar-refractivity contribution is 9.10. The van der Waals surface area contributed by atoms with Crippen molar-refractivity contribution in [3.05, 3.63) is 65.2 Å². The van der Waals surface area contributed by atoms with E-state index in [1.54, 1.807) is 23.6 Å². The first-order valence-electron chi connectivity index (χ1n) is 6.94. The highest BCUT2D eigenvalue weighted by Gasteiger charge is 2.03. The summed E-state index contributed by atoms with van der Waals surface area (Å²) in [6, 6.07) is 13.8. The molecule has 0 aliphatic carbocycles. The molecule has 4 nitrogen and oxygen atoms in total. The zero-order valence-corrected chi connectivity index (χ0v) is 14.6. The number of nitrogens with zero attached hydrogens (tertiary/aromatic N) is 2. The fourth-order valence-corrected chi connectivity index (χ4v) is 3.17. The zero-order chi connectivity index (χ0) is 16.1. The van der Waals surface area contributed by atoms with E-state index < -0.39 is 0 Å². The molecule has 6 heteroatoms. The van der Waals surface area contributed by atoms with Crippen molar-refractivity contribution >= 4 is 48.8 Å². The standard InChI is InChI=1S/C17H14BrN3OS/c1-2-9-22-15-8-7-13(18)10-12(15)11-19-21-17-20-14-5-3-4-6-16(14)23-17/h2-8,10-11H,1,9H2,(H,20,21). The molecule has 1 aromatic heterocycles. The molecule has 0 fully saturated rings. The molecule has 0 unspecified atom stereocenters. The summed E-state index contributed by atoms with van der Waals surface area (Å²) in [6.07, 6.45) is 3.43. The molecule has 116 valence electrons. The topological polar surface area (TPSA) is 46.5 Å². The monoisotopic (exact) mass is 387 g/mol. The number of thiazole rings is 1. The third kappa shape index (κ3) is 3.97. The van der Waals surface area contributed by atoms with Gasteiger partial charge in [0.15, 0.2) is 0 Å². The van der Waals surface area contributed by atoms with Gasteiger partial charge in [-0.05, 0) is 30.3 Å². The van der Waals surface area contributed by atoms with Crippen LogP contribution in [0.3, 0.4) is 0 Å². The van der Waals surface area contributed by atoms with E-state index in [2.05, 4.69) is 38.0 Å². The Hall–Kier alpha value is -2.18. The largest absolute Gasteiger partial charge is 0.489 e. The summed E-state index contributed by atoms with van der Waals surface area (Å²) in [7, 11) is 0. The number of fused-ring (bicyclic) bond motifs is 1. The van der Waals surface area contributed by atoms with Crippen LogP contribution in [0.15, 0.2) is 64.7 Å². The summed E-state index contributed by atoms with van der Waals surface area (Å²) >= 11 is 5.02. The van der Waals surface area contributed by atoms with Gasteiger partial charge < -0.3 is 4.74 Å². The fraction of sp³-hybridized carbons (Fsp3) is 0.0588. The molecule has 0 aliphatic heterocycles. The highest BCUT2D eigenvalue weighted by atomic mass is 79.9. The summed E-state index contributed by atoms with van der Waals surface area (Å²) in [4.78, 5) is 4.47. The van der Waals surface area contributed by atoms with E-state index in [0.717, 1.165) is 31.1 Å². The van der Waals surface area contributed by atoms with E-state index >= 15 is 0 Å². The van der Waals surface area contributed by atoms with Crippen LogP contribution in [0.25, 0.3) is 10.2 Å². The number of anilines is 1. The maximum atomic E-state index is 5.62. The number of nitrogens with one attached hydrogen (secondary N) is 1. The Kier molecular flexibility index (Phi) is 5.05. The second kappa shape index (κ2) is 7.39. The Morgan fingerprint density at radius 3 is 3.00 bits per heavy atom. The van der Waals surface area contributed by atoms with Gasteiger partial charge in [0.25, 0.3) is 0 Å². The predicted molar refractivity (Wildman–Crippen MR) is 101 cm³/mol. The fourth-order valence-electron chi connectivity index (χ4n) is 1.98. The lowest BCUT2D eigenvalue weighted by Gasteiger charge is -2.07. The molecular weight excluding hydrogens is 374 g/mol. The van der Waals surface area contributed by atoms with Crippen molar-refractivity contribution in [3.8, 4) is 5.75 Å². The van der Waals surface area contributed by atoms with Crippen molar-refractivity contribution in [2.24, 2.45) is 5.10 Å². The maximum Gasteiger partial charge on any atom is 0.204 e. The normalized spacial score (nSPS) is 11.0. The number of hydrazone groups is 1. The van der Waals surface area contributed by atoms with Crippen LogP contribution >= 0.6 is 27.3 Å². The van der Waals surface area contributed by atoms with Gasteiger partial charge in [-0.15, -0.1) is 0 Å². The third-order valence-electron chi connectivity index (χ3n) is 2.99. The van der Waals surface area contributed by atoms with Crippen LogP contribution in [-0.2, 0) is 0 Å². The Balaban J connectivity index is 1.76. The summed E-state index contributed by atoms with van der Waals surface area (Å²) in [5, 5.41) is 5.02. The summed E-state index contributed by atoms with van der Waals surface area (Å²) in [5.74, 6) is 0.753. The lowest BCUT2D eigenvalue weighted by atomic mass is 10.2. The second-order valence-corrected chi connectivity index (χ2v) is 6.58. The van der Waals surface area contributed by atoms with Crippen LogP contribution in [0, 0.1) is 0 Å². The molecule has 0 saturated carbocycles. The van der Waals surface area contributed by atoms with Gasteiger partial charge in [-0.2, -0.15) is 5.10 Å².